The largest absolute Gasteiger partial charge is 0.361 e. The molecule has 2 aromatic heterocycles. The second-order valence-corrected chi connectivity index (χ2v) is 6.57. The van der Waals surface area contributed by atoms with Crippen molar-refractivity contribution in [2.24, 2.45) is 4.99 Å². The topological polar surface area (TPSA) is 82.8 Å². The summed E-state index contributed by atoms with van der Waals surface area (Å²) in [5, 5.41) is 12.3. The third-order valence-corrected chi connectivity index (χ3v) is 4.37. The molecule has 0 radical (unpaired) electrons. The van der Waals surface area contributed by atoms with Gasteiger partial charge in [-0.25, -0.2) is 4.99 Å². The van der Waals surface area contributed by atoms with Crippen LogP contribution in [0, 0.1) is 13.8 Å². The number of amides is 1. The highest BCUT2D eigenvalue weighted by Gasteiger charge is 2.10. The Morgan fingerprint density at radius 3 is 2.75 bits per heavy atom. The summed E-state index contributed by atoms with van der Waals surface area (Å²) in [5.74, 6) is 1.33. The molecule has 1 amide bonds. The average molecular weight is 349 g/mol. The van der Waals surface area contributed by atoms with Crippen LogP contribution in [-0.2, 0) is 17.9 Å². The molecule has 2 N–H and O–H groups in total. The average Bonchev–Trinajstić information content (AvgIpc) is 3.17. The van der Waals surface area contributed by atoms with Gasteiger partial charge in [-0.2, -0.15) is 0 Å². The van der Waals surface area contributed by atoms with E-state index in [2.05, 4.69) is 26.8 Å². The van der Waals surface area contributed by atoms with Crippen LogP contribution >= 0.6 is 11.3 Å². The number of nitrogens with one attached hydrogen (secondary N) is 2. The number of guanidine groups is 1. The van der Waals surface area contributed by atoms with E-state index in [4.69, 9.17) is 4.52 Å². The summed E-state index contributed by atoms with van der Waals surface area (Å²) in [7, 11) is 3.45. The molecule has 0 aliphatic heterocycles. The van der Waals surface area contributed by atoms with Gasteiger partial charge in [0.15, 0.2) is 5.96 Å². The SMILES string of the molecule is Cc1noc(C)c1CN=C(NCC(=O)N(C)C)NCc1cccs1. The van der Waals surface area contributed by atoms with E-state index < -0.39 is 0 Å². The molecule has 2 rings (SSSR count). The van der Waals surface area contributed by atoms with E-state index in [0.29, 0.717) is 19.0 Å². The minimum atomic E-state index is -0.0158. The van der Waals surface area contributed by atoms with E-state index in [0.717, 1.165) is 17.0 Å². The van der Waals surface area contributed by atoms with Crippen LogP contribution in [0.2, 0.25) is 0 Å². The lowest BCUT2D eigenvalue weighted by atomic mass is 10.2. The van der Waals surface area contributed by atoms with E-state index >= 15 is 0 Å². The Labute approximate surface area is 145 Å². The zero-order valence-electron chi connectivity index (χ0n) is 14.4. The number of nitrogens with zero attached hydrogens (tertiary/aromatic N) is 3. The van der Waals surface area contributed by atoms with Crippen molar-refractivity contribution in [3.63, 3.8) is 0 Å². The number of aryl methyl sites for hydroxylation is 2. The first-order valence-electron chi connectivity index (χ1n) is 7.64. The Morgan fingerprint density at radius 2 is 2.17 bits per heavy atom. The first kappa shape index (κ1) is 18.0. The number of thiophene rings is 1. The molecule has 0 saturated carbocycles. The molecule has 8 heteroatoms. The molecule has 0 atom stereocenters. The van der Waals surface area contributed by atoms with Gasteiger partial charge in [-0.3, -0.25) is 4.79 Å². The molecule has 0 saturated heterocycles. The molecule has 130 valence electrons. The highest BCUT2D eigenvalue weighted by Crippen LogP contribution is 2.13. The highest BCUT2D eigenvalue weighted by molar-refractivity contribution is 7.09. The number of hydrogen-bond donors (Lipinski definition) is 2. The van der Waals surface area contributed by atoms with Crippen LogP contribution in [0.5, 0.6) is 0 Å². The molecular weight excluding hydrogens is 326 g/mol. The molecule has 0 bridgehead atoms. The minimum absolute atomic E-state index is 0.0158. The van der Waals surface area contributed by atoms with Crippen molar-refractivity contribution < 1.29 is 9.32 Å². The summed E-state index contributed by atoms with van der Waals surface area (Å²) in [5.41, 5.74) is 1.80. The first-order valence-corrected chi connectivity index (χ1v) is 8.51. The summed E-state index contributed by atoms with van der Waals surface area (Å²) < 4.78 is 5.16. The maximum absolute atomic E-state index is 11.8. The zero-order chi connectivity index (χ0) is 17.5. The summed E-state index contributed by atoms with van der Waals surface area (Å²) >= 11 is 1.67. The molecular formula is C16H23N5O2S. The Kier molecular flexibility index (Phi) is 6.36. The van der Waals surface area contributed by atoms with Crippen molar-refractivity contribution in [2.75, 3.05) is 20.6 Å². The summed E-state index contributed by atoms with van der Waals surface area (Å²) in [4.78, 5) is 19.1. The van der Waals surface area contributed by atoms with Gasteiger partial charge in [-0.15, -0.1) is 11.3 Å². The quantitative estimate of drug-likeness (QED) is 0.612. The maximum Gasteiger partial charge on any atom is 0.241 e. The number of rotatable bonds is 6. The van der Waals surface area contributed by atoms with E-state index in [1.807, 2.05) is 25.3 Å². The van der Waals surface area contributed by atoms with Crippen LogP contribution in [-0.4, -0.2) is 42.6 Å². The lowest BCUT2D eigenvalue weighted by molar-refractivity contribution is -0.127. The van der Waals surface area contributed by atoms with Gasteiger partial charge in [-0.05, 0) is 25.3 Å². The van der Waals surface area contributed by atoms with Gasteiger partial charge in [0.2, 0.25) is 5.91 Å². The van der Waals surface area contributed by atoms with Crippen molar-refractivity contribution in [1.82, 2.24) is 20.7 Å². The van der Waals surface area contributed by atoms with Crippen LogP contribution in [0.1, 0.15) is 21.9 Å². The van der Waals surface area contributed by atoms with Crippen LogP contribution in [0.4, 0.5) is 0 Å². The molecule has 2 heterocycles. The van der Waals surface area contributed by atoms with E-state index in [-0.39, 0.29) is 12.5 Å². The van der Waals surface area contributed by atoms with Gasteiger partial charge in [0.1, 0.15) is 5.76 Å². The number of aliphatic imine (C=N–C) groups is 1. The van der Waals surface area contributed by atoms with E-state index in [9.17, 15) is 4.79 Å². The molecule has 7 nitrogen and oxygen atoms in total. The third kappa shape index (κ3) is 5.09. The van der Waals surface area contributed by atoms with Crippen molar-refractivity contribution in [3.8, 4) is 0 Å². The number of hydrogen-bond acceptors (Lipinski definition) is 5. The molecule has 0 unspecified atom stereocenters. The first-order chi connectivity index (χ1) is 11.5. The summed E-state index contributed by atoms with van der Waals surface area (Å²) in [6, 6.07) is 4.06. The van der Waals surface area contributed by atoms with Gasteiger partial charge in [-0.1, -0.05) is 11.2 Å². The lowest BCUT2D eigenvalue weighted by Crippen LogP contribution is -2.42. The second kappa shape index (κ2) is 8.49. The van der Waals surface area contributed by atoms with Gasteiger partial charge >= 0.3 is 0 Å². The zero-order valence-corrected chi connectivity index (χ0v) is 15.2. The fourth-order valence-corrected chi connectivity index (χ4v) is 2.61. The van der Waals surface area contributed by atoms with Gasteiger partial charge in [0, 0.05) is 24.5 Å². The molecule has 0 spiro atoms. The summed E-state index contributed by atoms with van der Waals surface area (Å²) in [6.07, 6.45) is 0. The predicted octanol–water partition coefficient (Wildman–Crippen LogP) is 1.68. The smallest absolute Gasteiger partial charge is 0.241 e. The van der Waals surface area contributed by atoms with E-state index in [1.54, 1.807) is 25.4 Å². The predicted molar refractivity (Wildman–Crippen MR) is 95.0 cm³/mol. The molecule has 0 aliphatic rings. The van der Waals surface area contributed by atoms with Crippen LogP contribution in [0.3, 0.4) is 0 Å². The Morgan fingerprint density at radius 1 is 1.38 bits per heavy atom. The minimum Gasteiger partial charge on any atom is -0.361 e. The van der Waals surface area contributed by atoms with Crippen molar-refractivity contribution >= 4 is 23.2 Å². The normalized spacial score (nSPS) is 11.4. The van der Waals surface area contributed by atoms with Crippen LogP contribution in [0.25, 0.3) is 0 Å². The van der Waals surface area contributed by atoms with E-state index in [1.165, 1.54) is 9.78 Å². The fraction of sp³-hybridized carbons (Fsp3) is 0.438. The molecule has 0 aromatic carbocycles. The van der Waals surface area contributed by atoms with Crippen molar-refractivity contribution in [1.29, 1.82) is 0 Å². The summed E-state index contributed by atoms with van der Waals surface area (Å²) in [6.45, 7) is 5.04. The third-order valence-electron chi connectivity index (χ3n) is 3.49. The monoisotopic (exact) mass is 349 g/mol. The lowest BCUT2D eigenvalue weighted by Gasteiger charge is -2.14. The Hall–Kier alpha value is -2.35. The molecule has 2 aromatic rings. The van der Waals surface area contributed by atoms with Crippen molar-refractivity contribution in [3.05, 3.63) is 39.4 Å². The standard InChI is InChI=1S/C16H23N5O2S/c1-11-14(12(2)23-20-11)9-18-16(19-10-15(22)21(3)4)17-8-13-6-5-7-24-13/h5-7H,8-10H2,1-4H3,(H2,17,18,19). The Bertz CT molecular complexity index is 672. The number of carbonyl (C=O) groups excluding carboxylic acids is 1. The fourth-order valence-electron chi connectivity index (χ4n) is 1.96. The molecule has 0 fully saturated rings. The van der Waals surface area contributed by atoms with Gasteiger partial charge in [0.25, 0.3) is 0 Å². The number of carbonyl (C=O) groups is 1. The maximum atomic E-state index is 11.8. The second-order valence-electron chi connectivity index (χ2n) is 5.54. The van der Waals surface area contributed by atoms with Crippen molar-refractivity contribution in [2.45, 2.75) is 26.9 Å². The number of likely N-dealkylation sites (N-methyl/N-ethyl adjacent to an activating group) is 1. The molecule has 0 aliphatic carbocycles. The highest BCUT2D eigenvalue weighted by atomic mass is 32.1. The number of aromatic nitrogens is 1. The van der Waals surface area contributed by atoms with Crippen LogP contribution < -0.4 is 10.6 Å². The van der Waals surface area contributed by atoms with Gasteiger partial charge in [0.05, 0.1) is 25.3 Å². The van der Waals surface area contributed by atoms with Gasteiger partial charge < -0.3 is 20.1 Å². The molecule has 24 heavy (non-hydrogen) atoms. The van der Waals surface area contributed by atoms with Crippen LogP contribution in [0.15, 0.2) is 27.0 Å². The Balaban J connectivity index is 2.02.